The number of carbonyl (C=O) groups excluding carboxylic acids is 1. The quantitative estimate of drug-likeness (QED) is 0.459. The first-order valence-corrected chi connectivity index (χ1v) is 8.58. The minimum absolute atomic E-state index is 0.143. The summed E-state index contributed by atoms with van der Waals surface area (Å²) in [5, 5.41) is 5.87. The number of nitrogens with zero attached hydrogens (tertiary/aromatic N) is 1. The van der Waals surface area contributed by atoms with Gasteiger partial charge in [-0.3, -0.25) is 4.79 Å². The maximum absolute atomic E-state index is 11.8. The predicted molar refractivity (Wildman–Crippen MR) is 99.3 cm³/mol. The number of halogens is 2. The second-order valence-corrected chi connectivity index (χ2v) is 6.55. The molecule has 24 heavy (non-hydrogen) atoms. The second-order valence-electron chi connectivity index (χ2n) is 4.84. The third-order valence-corrected chi connectivity index (χ3v) is 4.47. The van der Waals surface area contributed by atoms with E-state index in [0.717, 1.165) is 19.7 Å². The third kappa shape index (κ3) is 4.04. The lowest BCUT2D eigenvalue weighted by molar-refractivity contribution is -0.123. The van der Waals surface area contributed by atoms with Gasteiger partial charge < -0.3 is 9.15 Å². The normalized spacial score (nSPS) is 11.1. The lowest BCUT2D eigenvalue weighted by Gasteiger charge is -2.10. The molecule has 0 saturated heterocycles. The number of rotatable bonds is 5. The number of amides is 1. The van der Waals surface area contributed by atoms with Gasteiger partial charge in [0.15, 0.2) is 6.61 Å². The van der Waals surface area contributed by atoms with Gasteiger partial charge in [0.25, 0.3) is 5.91 Å². The van der Waals surface area contributed by atoms with Crippen molar-refractivity contribution in [3.05, 3.63) is 63.4 Å². The number of nitrogens with one attached hydrogen (secondary N) is 1. The largest absolute Gasteiger partial charge is 0.483 e. The minimum Gasteiger partial charge on any atom is -0.483 e. The van der Waals surface area contributed by atoms with Crippen molar-refractivity contribution in [1.82, 2.24) is 5.43 Å². The van der Waals surface area contributed by atoms with Gasteiger partial charge in [0.05, 0.1) is 17.0 Å². The molecule has 0 aliphatic heterocycles. The molecule has 0 saturated carbocycles. The van der Waals surface area contributed by atoms with Gasteiger partial charge in [0, 0.05) is 4.47 Å². The Morgan fingerprint density at radius 3 is 2.92 bits per heavy atom. The molecule has 0 aliphatic carbocycles. The molecule has 7 heteroatoms. The highest BCUT2D eigenvalue weighted by Crippen LogP contribution is 2.34. The van der Waals surface area contributed by atoms with E-state index in [-0.39, 0.29) is 12.5 Å². The van der Waals surface area contributed by atoms with Crippen LogP contribution in [0, 0.1) is 0 Å². The van der Waals surface area contributed by atoms with Gasteiger partial charge in [0.2, 0.25) is 0 Å². The monoisotopic (exact) mass is 450 g/mol. The van der Waals surface area contributed by atoms with Crippen molar-refractivity contribution in [3.8, 4) is 5.75 Å². The van der Waals surface area contributed by atoms with Crippen LogP contribution in [0.3, 0.4) is 0 Å². The summed E-state index contributed by atoms with van der Waals surface area (Å²) in [5.74, 6) is 0.787. The molecule has 1 N–H and O–H groups in total. The van der Waals surface area contributed by atoms with Crippen molar-refractivity contribution in [2.24, 2.45) is 5.10 Å². The van der Waals surface area contributed by atoms with Crippen LogP contribution in [-0.4, -0.2) is 18.7 Å². The number of hydrogen-bond acceptors (Lipinski definition) is 4. The fourth-order valence-electron chi connectivity index (χ4n) is 2.06. The van der Waals surface area contributed by atoms with Crippen LogP contribution in [0.4, 0.5) is 0 Å². The first kappa shape index (κ1) is 16.7. The highest BCUT2D eigenvalue weighted by atomic mass is 79.9. The number of hydrogen-bond donors (Lipinski definition) is 1. The average molecular weight is 452 g/mol. The van der Waals surface area contributed by atoms with E-state index in [2.05, 4.69) is 42.4 Å². The van der Waals surface area contributed by atoms with E-state index < -0.39 is 0 Å². The molecule has 0 aliphatic rings. The predicted octanol–water partition coefficient (Wildman–Crippen LogP) is 4.49. The first-order chi connectivity index (χ1) is 11.6. The van der Waals surface area contributed by atoms with Crippen LogP contribution >= 0.6 is 31.9 Å². The fourth-order valence-corrected chi connectivity index (χ4v) is 3.05. The molecule has 1 aromatic heterocycles. The van der Waals surface area contributed by atoms with Crippen LogP contribution in [0.1, 0.15) is 5.76 Å². The Morgan fingerprint density at radius 2 is 2.12 bits per heavy atom. The molecule has 0 radical (unpaired) electrons. The molecule has 0 spiro atoms. The molecule has 0 atom stereocenters. The number of benzene rings is 2. The Kier molecular flexibility index (Phi) is 5.32. The van der Waals surface area contributed by atoms with E-state index in [4.69, 9.17) is 9.15 Å². The summed E-state index contributed by atoms with van der Waals surface area (Å²) in [6.45, 7) is -0.143. The van der Waals surface area contributed by atoms with Crippen molar-refractivity contribution >= 4 is 54.8 Å². The minimum atomic E-state index is -0.361. The van der Waals surface area contributed by atoms with Crippen molar-refractivity contribution in [2.45, 2.75) is 0 Å². The van der Waals surface area contributed by atoms with Gasteiger partial charge in [-0.1, -0.05) is 28.1 Å². The van der Waals surface area contributed by atoms with Crippen LogP contribution in [0.25, 0.3) is 10.8 Å². The summed E-state index contributed by atoms with van der Waals surface area (Å²) in [6.07, 6.45) is 2.95. The Balaban J connectivity index is 1.62. The molecule has 3 rings (SSSR count). The van der Waals surface area contributed by atoms with E-state index in [0.29, 0.717) is 11.5 Å². The molecule has 122 valence electrons. The lowest BCUT2D eigenvalue weighted by Crippen LogP contribution is -2.24. The van der Waals surface area contributed by atoms with Gasteiger partial charge in [-0.05, 0) is 57.0 Å². The second kappa shape index (κ2) is 7.63. The van der Waals surface area contributed by atoms with Crippen LogP contribution in [0.15, 0.2) is 67.2 Å². The standard InChI is InChI=1S/C17H12Br2N2O3/c18-12-4-5-14-11(8-12)3-6-15(17(14)19)24-10-16(22)21-20-9-13-2-1-7-23-13/h1-9H,10H2,(H,21,22). The number of ether oxygens (including phenoxy) is 1. The number of hydrazone groups is 1. The highest BCUT2D eigenvalue weighted by Gasteiger charge is 2.08. The fraction of sp³-hybridized carbons (Fsp3) is 0.0588. The van der Waals surface area contributed by atoms with Crippen LogP contribution in [0.2, 0.25) is 0 Å². The van der Waals surface area contributed by atoms with Crippen LogP contribution < -0.4 is 10.2 Å². The Labute approximate surface area is 154 Å². The SMILES string of the molecule is O=C(COc1ccc2cc(Br)ccc2c1Br)NN=Cc1ccco1. The zero-order valence-corrected chi connectivity index (χ0v) is 15.5. The summed E-state index contributed by atoms with van der Waals surface area (Å²) >= 11 is 6.97. The zero-order valence-electron chi connectivity index (χ0n) is 12.3. The van der Waals surface area contributed by atoms with E-state index in [1.54, 1.807) is 12.1 Å². The summed E-state index contributed by atoms with van der Waals surface area (Å²) in [6, 6.07) is 13.2. The molecule has 3 aromatic rings. The van der Waals surface area contributed by atoms with Crippen molar-refractivity contribution in [3.63, 3.8) is 0 Å². The summed E-state index contributed by atoms with van der Waals surface area (Å²) < 4.78 is 12.4. The van der Waals surface area contributed by atoms with E-state index >= 15 is 0 Å². The van der Waals surface area contributed by atoms with E-state index in [1.807, 2.05) is 30.3 Å². The highest BCUT2D eigenvalue weighted by molar-refractivity contribution is 9.11. The lowest BCUT2D eigenvalue weighted by atomic mass is 10.1. The Morgan fingerprint density at radius 1 is 1.25 bits per heavy atom. The molecule has 5 nitrogen and oxygen atoms in total. The molecular formula is C17H12Br2N2O3. The van der Waals surface area contributed by atoms with Gasteiger partial charge in [-0.2, -0.15) is 5.10 Å². The summed E-state index contributed by atoms with van der Waals surface area (Å²) in [7, 11) is 0. The van der Waals surface area contributed by atoms with Gasteiger partial charge in [0.1, 0.15) is 11.5 Å². The summed E-state index contributed by atoms with van der Waals surface area (Å²) in [5.41, 5.74) is 2.38. The molecule has 1 amide bonds. The van der Waals surface area contributed by atoms with Crippen LogP contribution in [0.5, 0.6) is 5.75 Å². The smallest absolute Gasteiger partial charge is 0.277 e. The molecule has 1 heterocycles. The van der Waals surface area contributed by atoms with Crippen molar-refractivity contribution in [1.29, 1.82) is 0 Å². The zero-order chi connectivity index (χ0) is 16.9. The molecular weight excluding hydrogens is 440 g/mol. The van der Waals surface area contributed by atoms with Crippen LogP contribution in [-0.2, 0) is 4.79 Å². The molecule has 0 unspecified atom stereocenters. The van der Waals surface area contributed by atoms with Gasteiger partial charge in [-0.15, -0.1) is 0 Å². The Bertz CT molecular complexity index is 892. The van der Waals surface area contributed by atoms with E-state index in [1.165, 1.54) is 12.5 Å². The maximum atomic E-state index is 11.8. The molecule has 0 bridgehead atoms. The van der Waals surface area contributed by atoms with Gasteiger partial charge in [-0.25, -0.2) is 5.43 Å². The van der Waals surface area contributed by atoms with Crippen molar-refractivity contribution < 1.29 is 13.9 Å². The van der Waals surface area contributed by atoms with Crippen molar-refractivity contribution in [2.75, 3.05) is 6.61 Å². The molecule has 2 aromatic carbocycles. The van der Waals surface area contributed by atoms with Gasteiger partial charge >= 0.3 is 0 Å². The number of furan rings is 1. The average Bonchev–Trinajstić information content (AvgIpc) is 3.07. The van der Waals surface area contributed by atoms with E-state index in [9.17, 15) is 4.79 Å². The topological polar surface area (TPSA) is 63.8 Å². The number of fused-ring (bicyclic) bond motifs is 1. The first-order valence-electron chi connectivity index (χ1n) is 6.99. The Hall–Kier alpha value is -2.12. The maximum Gasteiger partial charge on any atom is 0.277 e. The third-order valence-electron chi connectivity index (χ3n) is 3.16. The number of carbonyl (C=O) groups is 1. The molecule has 0 fully saturated rings. The summed E-state index contributed by atoms with van der Waals surface area (Å²) in [4.78, 5) is 11.8.